The number of ether oxygens (including phenoxy) is 1. The van der Waals surface area contributed by atoms with Crippen molar-refractivity contribution in [2.75, 3.05) is 25.5 Å². The second-order valence-corrected chi connectivity index (χ2v) is 8.92. The summed E-state index contributed by atoms with van der Waals surface area (Å²) in [4.78, 5) is 56.3. The zero-order chi connectivity index (χ0) is 25.1. The molecule has 2 fully saturated rings. The first kappa shape index (κ1) is 24.2. The molecule has 10 heteroatoms. The minimum atomic E-state index is -1.20. The first-order valence-corrected chi connectivity index (χ1v) is 11.5. The third kappa shape index (κ3) is 5.11. The van der Waals surface area contributed by atoms with Gasteiger partial charge in [-0.25, -0.2) is 19.3 Å². The molecular formula is C25H28N4O6. The molecule has 4 amide bonds. The number of amides is 4. The largest absolute Gasteiger partial charge is 0.480 e. The van der Waals surface area contributed by atoms with E-state index in [9.17, 15) is 24.3 Å². The molecule has 0 radical (unpaired) electrons. The normalized spacial score (nSPS) is 21.8. The van der Waals surface area contributed by atoms with Crippen molar-refractivity contribution < 1.29 is 29.0 Å². The van der Waals surface area contributed by atoms with Crippen LogP contribution in [0.1, 0.15) is 35.6 Å². The second kappa shape index (κ2) is 10.1. The van der Waals surface area contributed by atoms with Crippen molar-refractivity contribution in [2.24, 2.45) is 5.92 Å². The summed E-state index contributed by atoms with van der Waals surface area (Å²) in [6.07, 6.45) is 2.83. The van der Waals surface area contributed by atoms with Crippen LogP contribution in [0.25, 0.3) is 0 Å². The van der Waals surface area contributed by atoms with E-state index in [4.69, 9.17) is 0 Å². The fourth-order valence-corrected chi connectivity index (χ4v) is 4.84. The lowest BCUT2D eigenvalue weighted by Crippen LogP contribution is -2.69. The number of aliphatic carboxylic acids is 1. The van der Waals surface area contributed by atoms with E-state index in [-0.39, 0.29) is 12.3 Å². The molecule has 0 spiro atoms. The second-order valence-electron chi connectivity index (χ2n) is 8.92. The molecule has 2 saturated heterocycles. The highest BCUT2D eigenvalue weighted by atomic mass is 16.5. The van der Waals surface area contributed by atoms with Gasteiger partial charge in [-0.3, -0.25) is 15.1 Å². The monoisotopic (exact) mass is 480 g/mol. The predicted octanol–water partition coefficient (Wildman–Crippen LogP) is 3.02. The maximum atomic E-state index is 13.3. The number of carboxylic acids is 1. The van der Waals surface area contributed by atoms with E-state index in [0.717, 1.165) is 28.1 Å². The summed E-state index contributed by atoms with van der Waals surface area (Å²) in [7, 11) is 1.29. The topological polar surface area (TPSA) is 129 Å². The Labute approximate surface area is 202 Å². The highest BCUT2D eigenvalue weighted by Gasteiger charge is 2.55. The van der Waals surface area contributed by atoms with Crippen LogP contribution in [0.15, 0.2) is 42.6 Å². The number of nitrogens with one attached hydrogen (secondary N) is 1. The Balaban J connectivity index is 1.46. The van der Waals surface area contributed by atoms with Gasteiger partial charge < -0.3 is 14.7 Å². The van der Waals surface area contributed by atoms with Crippen molar-refractivity contribution in [3.63, 3.8) is 0 Å². The number of anilines is 1. The number of nitrogens with zero attached hydrogens (tertiary/aromatic N) is 3. The van der Waals surface area contributed by atoms with E-state index in [1.807, 2.05) is 31.2 Å². The van der Waals surface area contributed by atoms with Gasteiger partial charge in [0, 0.05) is 36.6 Å². The maximum Gasteiger partial charge on any atom is 0.411 e. The number of aromatic nitrogens is 1. The molecule has 0 bridgehead atoms. The Morgan fingerprint density at radius 2 is 2.03 bits per heavy atom. The number of carbonyl (C=O) groups excluding carboxylic acids is 3. The molecule has 3 atom stereocenters. The lowest BCUT2D eigenvalue weighted by atomic mass is 9.82. The van der Waals surface area contributed by atoms with Gasteiger partial charge in [0.2, 0.25) is 5.91 Å². The molecule has 2 N–H and O–H groups in total. The van der Waals surface area contributed by atoms with E-state index in [1.165, 1.54) is 7.11 Å². The van der Waals surface area contributed by atoms with Crippen molar-refractivity contribution >= 4 is 29.7 Å². The maximum absolute atomic E-state index is 13.3. The number of pyridine rings is 1. The van der Waals surface area contributed by atoms with Crippen LogP contribution in [0.5, 0.6) is 0 Å². The summed E-state index contributed by atoms with van der Waals surface area (Å²) in [5.74, 6) is -2.46. The predicted molar refractivity (Wildman–Crippen MR) is 126 cm³/mol. The van der Waals surface area contributed by atoms with Crippen LogP contribution in [0, 0.1) is 12.8 Å². The first-order valence-electron chi connectivity index (χ1n) is 11.5. The molecule has 3 heterocycles. The highest BCUT2D eigenvalue weighted by Crippen LogP contribution is 2.34. The lowest BCUT2D eigenvalue weighted by Gasteiger charge is -2.46. The number of aryl methyl sites for hydroxylation is 1. The number of β-lactam (4-membered cyclic amide) rings is 1. The molecule has 2 aliphatic heterocycles. The van der Waals surface area contributed by atoms with Gasteiger partial charge in [-0.1, -0.05) is 12.1 Å². The standard InChI is InChI=1S/C25H28N4O6/c1-15-11-16(8-9-26-15)12-20-21(23(31)32)29(22(20)30)25(34)28-10-4-6-18(14-28)17-5-3-7-19(13-17)27-24(33)35-2/h3,5,7-9,11,13,18,20-21H,4,6,10,12,14H2,1-2H3,(H,27,33)(H,31,32)/t18?,20-,21+/m1/s1. The molecule has 1 aromatic heterocycles. The molecule has 2 aliphatic rings. The van der Waals surface area contributed by atoms with Gasteiger partial charge in [0.25, 0.3) is 0 Å². The summed E-state index contributed by atoms with van der Waals surface area (Å²) in [5.41, 5.74) is 3.11. The zero-order valence-electron chi connectivity index (χ0n) is 19.6. The van der Waals surface area contributed by atoms with Gasteiger partial charge in [0.15, 0.2) is 6.04 Å². The molecule has 0 saturated carbocycles. The number of hydrogen-bond donors (Lipinski definition) is 2. The van der Waals surface area contributed by atoms with Crippen LogP contribution >= 0.6 is 0 Å². The summed E-state index contributed by atoms with van der Waals surface area (Å²) < 4.78 is 4.63. The number of rotatable bonds is 5. The van der Waals surface area contributed by atoms with E-state index in [2.05, 4.69) is 15.0 Å². The molecule has 10 nitrogen and oxygen atoms in total. The number of urea groups is 1. The fourth-order valence-electron chi connectivity index (χ4n) is 4.84. The molecule has 1 aromatic carbocycles. The quantitative estimate of drug-likeness (QED) is 0.629. The van der Waals surface area contributed by atoms with Crippen LogP contribution in [0.3, 0.4) is 0 Å². The van der Waals surface area contributed by atoms with E-state index >= 15 is 0 Å². The van der Waals surface area contributed by atoms with Gasteiger partial charge in [0.05, 0.1) is 13.0 Å². The Morgan fingerprint density at radius 1 is 1.23 bits per heavy atom. The minimum absolute atomic E-state index is 0.0117. The Hall–Kier alpha value is -3.95. The number of methoxy groups -OCH3 is 1. The zero-order valence-corrected chi connectivity index (χ0v) is 19.6. The molecule has 4 rings (SSSR count). The molecule has 35 heavy (non-hydrogen) atoms. The smallest absolute Gasteiger partial charge is 0.411 e. The molecular weight excluding hydrogens is 452 g/mol. The first-order chi connectivity index (χ1) is 16.8. The number of imide groups is 1. The number of carbonyl (C=O) groups is 4. The summed E-state index contributed by atoms with van der Waals surface area (Å²) in [6.45, 7) is 2.62. The van der Waals surface area contributed by atoms with E-state index < -0.39 is 36.0 Å². The van der Waals surface area contributed by atoms with Crippen LogP contribution in [0.2, 0.25) is 0 Å². The Morgan fingerprint density at radius 3 is 2.74 bits per heavy atom. The van der Waals surface area contributed by atoms with Crippen LogP contribution in [0.4, 0.5) is 15.3 Å². The molecule has 1 unspecified atom stereocenters. The van der Waals surface area contributed by atoms with Crippen LogP contribution < -0.4 is 5.32 Å². The van der Waals surface area contributed by atoms with Crippen molar-refractivity contribution in [2.45, 2.75) is 38.1 Å². The average Bonchev–Trinajstić information content (AvgIpc) is 2.85. The van der Waals surface area contributed by atoms with Crippen molar-refractivity contribution in [1.29, 1.82) is 0 Å². The van der Waals surface area contributed by atoms with E-state index in [0.29, 0.717) is 25.2 Å². The van der Waals surface area contributed by atoms with Crippen molar-refractivity contribution in [3.05, 3.63) is 59.4 Å². The SMILES string of the molecule is COC(=O)Nc1cccc(C2CCCN(C(=O)N3C(=O)[C@H](Cc4ccnc(C)c4)[C@H]3C(=O)O)C2)c1. The molecule has 0 aliphatic carbocycles. The Bertz CT molecular complexity index is 1150. The number of hydrogen-bond acceptors (Lipinski definition) is 6. The van der Waals surface area contributed by atoms with Gasteiger partial charge in [0.1, 0.15) is 0 Å². The summed E-state index contributed by atoms with van der Waals surface area (Å²) in [5, 5.41) is 12.4. The third-order valence-electron chi connectivity index (χ3n) is 6.57. The van der Waals surface area contributed by atoms with E-state index in [1.54, 1.807) is 23.2 Å². The summed E-state index contributed by atoms with van der Waals surface area (Å²) in [6, 6.07) is 9.10. The van der Waals surface area contributed by atoms with Crippen LogP contribution in [-0.2, 0) is 20.7 Å². The Kier molecular flexibility index (Phi) is 6.99. The van der Waals surface area contributed by atoms with Gasteiger partial charge in [-0.15, -0.1) is 0 Å². The number of likely N-dealkylation sites (tertiary alicyclic amines) is 2. The highest BCUT2D eigenvalue weighted by molar-refractivity contribution is 6.07. The van der Waals surface area contributed by atoms with Gasteiger partial charge in [-0.05, 0) is 61.6 Å². The third-order valence-corrected chi connectivity index (χ3v) is 6.57. The average molecular weight is 481 g/mol. The van der Waals surface area contributed by atoms with Gasteiger partial charge in [-0.2, -0.15) is 0 Å². The van der Waals surface area contributed by atoms with Crippen molar-refractivity contribution in [3.8, 4) is 0 Å². The van der Waals surface area contributed by atoms with Crippen molar-refractivity contribution in [1.82, 2.24) is 14.8 Å². The van der Waals surface area contributed by atoms with Crippen LogP contribution in [-0.4, -0.2) is 70.1 Å². The molecule has 184 valence electrons. The number of benzene rings is 1. The fraction of sp³-hybridized carbons (Fsp3) is 0.400. The number of piperidine rings is 1. The molecule has 2 aromatic rings. The van der Waals surface area contributed by atoms with Gasteiger partial charge >= 0.3 is 18.1 Å². The number of carboxylic acid groups (broad SMARTS) is 1. The lowest BCUT2D eigenvalue weighted by molar-refractivity contribution is -0.166. The summed E-state index contributed by atoms with van der Waals surface area (Å²) >= 11 is 0. The minimum Gasteiger partial charge on any atom is -0.480 e.